The van der Waals surface area contributed by atoms with Crippen molar-refractivity contribution in [1.82, 2.24) is 0 Å². The Morgan fingerprint density at radius 3 is 1.85 bits per heavy atom. The lowest BCUT2D eigenvalue weighted by molar-refractivity contribution is -0.288. The molecule has 1 nitrogen and oxygen atoms in total. The molecule has 0 aromatic carbocycles. The molecule has 0 unspecified atom stereocenters. The highest BCUT2D eigenvalue weighted by Gasteiger charge is 2.63. The summed E-state index contributed by atoms with van der Waals surface area (Å²) in [5, 5.41) is 0. The number of hydrogen-bond donors (Lipinski definition) is 0. The quantitative estimate of drug-likeness (QED) is 0.507. The number of carbonyl (C=O) groups excluding carboxylic acids is 1. The Labute approximate surface area is 70.9 Å². The van der Waals surface area contributed by atoms with Crippen molar-refractivity contribution in [1.29, 1.82) is 0 Å². The molecule has 0 radical (unpaired) electrons. The van der Waals surface area contributed by atoms with Gasteiger partial charge in [-0.05, 0) is 12.8 Å². The number of alkyl halides is 5. The second-order valence-corrected chi connectivity index (χ2v) is 3.36. The number of aldehydes is 1. The summed E-state index contributed by atoms with van der Waals surface area (Å²) >= 11 is 0. The maximum Gasteiger partial charge on any atom is 0.453 e. The van der Waals surface area contributed by atoms with Gasteiger partial charge in [0.2, 0.25) is 0 Å². The zero-order valence-corrected chi connectivity index (χ0v) is 6.50. The largest absolute Gasteiger partial charge is 0.453 e. The van der Waals surface area contributed by atoms with Gasteiger partial charge in [-0.25, -0.2) is 0 Å². The van der Waals surface area contributed by atoms with E-state index in [1.165, 1.54) is 0 Å². The molecule has 0 spiro atoms. The smallest absolute Gasteiger partial charge is 0.303 e. The van der Waals surface area contributed by atoms with Gasteiger partial charge in [-0.2, -0.15) is 22.0 Å². The van der Waals surface area contributed by atoms with Crippen LogP contribution in [0, 0.1) is 5.41 Å². The topological polar surface area (TPSA) is 17.1 Å². The average Bonchev–Trinajstić information content (AvgIpc) is 2.66. The summed E-state index contributed by atoms with van der Waals surface area (Å²) in [6, 6.07) is 0. The van der Waals surface area contributed by atoms with Gasteiger partial charge in [0.1, 0.15) is 6.29 Å². The SMILES string of the molecule is O=CC1(CC(F)(F)C(F)(F)F)CC1. The van der Waals surface area contributed by atoms with Crippen LogP contribution in [0.25, 0.3) is 0 Å². The molecule has 0 saturated heterocycles. The summed E-state index contributed by atoms with van der Waals surface area (Å²) in [6.07, 6.45) is -6.50. The minimum Gasteiger partial charge on any atom is -0.303 e. The molecule has 76 valence electrons. The summed E-state index contributed by atoms with van der Waals surface area (Å²) < 4.78 is 59.7. The monoisotopic (exact) mass is 202 g/mol. The van der Waals surface area contributed by atoms with E-state index in [-0.39, 0.29) is 19.1 Å². The van der Waals surface area contributed by atoms with Crippen LogP contribution in [0.3, 0.4) is 0 Å². The van der Waals surface area contributed by atoms with E-state index >= 15 is 0 Å². The van der Waals surface area contributed by atoms with E-state index in [1.54, 1.807) is 0 Å². The lowest BCUT2D eigenvalue weighted by Gasteiger charge is -2.21. The first-order valence-corrected chi connectivity index (χ1v) is 3.63. The molecule has 1 rings (SSSR count). The third-order valence-electron chi connectivity index (χ3n) is 2.13. The Kier molecular flexibility index (Phi) is 2.12. The van der Waals surface area contributed by atoms with Crippen molar-refractivity contribution < 1.29 is 26.7 Å². The number of halogens is 5. The lowest BCUT2D eigenvalue weighted by Crippen LogP contribution is -2.39. The fourth-order valence-corrected chi connectivity index (χ4v) is 1.04. The summed E-state index contributed by atoms with van der Waals surface area (Å²) in [5.74, 6) is -4.75. The molecule has 1 aliphatic carbocycles. The van der Waals surface area contributed by atoms with Crippen molar-refractivity contribution in [3.63, 3.8) is 0 Å². The first-order valence-electron chi connectivity index (χ1n) is 3.63. The first-order chi connectivity index (χ1) is 5.72. The molecule has 0 heterocycles. The van der Waals surface area contributed by atoms with Gasteiger partial charge in [-0.15, -0.1) is 0 Å². The molecule has 0 N–H and O–H groups in total. The Morgan fingerprint density at radius 2 is 1.62 bits per heavy atom. The molecule has 13 heavy (non-hydrogen) atoms. The molecule has 1 saturated carbocycles. The van der Waals surface area contributed by atoms with Crippen LogP contribution in [0.15, 0.2) is 0 Å². The van der Waals surface area contributed by atoms with Gasteiger partial charge in [-0.3, -0.25) is 0 Å². The van der Waals surface area contributed by atoms with Crippen LogP contribution < -0.4 is 0 Å². The van der Waals surface area contributed by atoms with E-state index in [9.17, 15) is 26.7 Å². The summed E-state index contributed by atoms with van der Waals surface area (Å²) in [7, 11) is 0. The Balaban J connectivity index is 2.67. The van der Waals surface area contributed by atoms with Crippen molar-refractivity contribution >= 4 is 6.29 Å². The Hall–Kier alpha value is -0.680. The zero-order chi connectivity index (χ0) is 10.3. The molecule has 6 heteroatoms. The predicted molar refractivity (Wildman–Crippen MR) is 33.4 cm³/mol. The van der Waals surface area contributed by atoms with Crippen LogP contribution in [-0.2, 0) is 4.79 Å². The number of rotatable bonds is 3. The highest BCUT2D eigenvalue weighted by atomic mass is 19.4. The van der Waals surface area contributed by atoms with E-state index in [0.717, 1.165) is 0 Å². The Morgan fingerprint density at radius 1 is 1.15 bits per heavy atom. The van der Waals surface area contributed by atoms with Crippen molar-refractivity contribution in [2.45, 2.75) is 31.4 Å². The maximum atomic E-state index is 12.4. The van der Waals surface area contributed by atoms with Crippen molar-refractivity contribution in [3.05, 3.63) is 0 Å². The van der Waals surface area contributed by atoms with Crippen LogP contribution in [-0.4, -0.2) is 18.4 Å². The second kappa shape index (κ2) is 2.65. The van der Waals surface area contributed by atoms with Crippen LogP contribution in [0.5, 0.6) is 0 Å². The summed E-state index contributed by atoms with van der Waals surface area (Å²) in [6.45, 7) is 0. The van der Waals surface area contributed by atoms with Crippen LogP contribution in [0.2, 0.25) is 0 Å². The molecule has 0 aromatic heterocycles. The van der Waals surface area contributed by atoms with Crippen molar-refractivity contribution in [2.75, 3.05) is 0 Å². The van der Waals surface area contributed by atoms with Gasteiger partial charge < -0.3 is 4.79 Å². The van der Waals surface area contributed by atoms with Crippen LogP contribution in [0.4, 0.5) is 22.0 Å². The minimum absolute atomic E-state index is 0.127. The van der Waals surface area contributed by atoms with Gasteiger partial charge in [0, 0.05) is 11.8 Å². The third kappa shape index (κ3) is 1.97. The van der Waals surface area contributed by atoms with Gasteiger partial charge in [0.25, 0.3) is 0 Å². The Bertz CT molecular complexity index is 215. The number of carbonyl (C=O) groups is 1. The van der Waals surface area contributed by atoms with Gasteiger partial charge in [0.05, 0.1) is 0 Å². The van der Waals surface area contributed by atoms with E-state index in [0.29, 0.717) is 0 Å². The summed E-state index contributed by atoms with van der Waals surface area (Å²) in [4.78, 5) is 10.2. The van der Waals surface area contributed by atoms with E-state index in [1.807, 2.05) is 0 Å². The van der Waals surface area contributed by atoms with Gasteiger partial charge in [-0.1, -0.05) is 0 Å². The highest BCUT2D eigenvalue weighted by Crippen LogP contribution is 2.54. The van der Waals surface area contributed by atoms with E-state index < -0.39 is 23.9 Å². The van der Waals surface area contributed by atoms with Gasteiger partial charge >= 0.3 is 12.1 Å². The highest BCUT2D eigenvalue weighted by molar-refractivity contribution is 5.63. The fraction of sp³-hybridized carbons (Fsp3) is 0.857. The first kappa shape index (κ1) is 10.4. The van der Waals surface area contributed by atoms with E-state index in [2.05, 4.69) is 0 Å². The normalized spacial score (nSPS) is 21.3. The van der Waals surface area contributed by atoms with Crippen molar-refractivity contribution in [3.8, 4) is 0 Å². The molecule has 1 fully saturated rings. The molecule has 0 aliphatic heterocycles. The molecule has 0 atom stereocenters. The third-order valence-corrected chi connectivity index (χ3v) is 2.13. The second-order valence-electron chi connectivity index (χ2n) is 3.36. The number of hydrogen-bond acceptors (Lipinski definition) is 1. The maximum absolute atomic E-state index is 12.4. The fourth-order valence-electron chi connectivity index (χ4n) is 1.04. The van der Waals surface area contributed by atoms with Crippen molar-refractivity contribution in [2.24, 2.45) is 5.41 Å². The molecule has 0 aromatic rings. The molecule has 1 aliphatic rings. The lowest BCUT2D eigenvalue weighted by atomic mass is 9.99. The summed E-state index contributed by atoms with van der Waals surface area (Å²) in [5.41, 5.74) is -1.42. The molecule has 0 amide bonds. The van der Waals surface area contributed by atoms with Gasteiger partial charge in [0.15, 0.2) is 0 Å². The zero-order valence-electron chi connectivity index (χ0n) is 6.50. The van der Waals surface area contributed by atoms with E-state index in [4.69, 9.17) is 0 Å². The standard InChI is InChI=1S/C7H7F5O/c8-6(9,7(10,11)12)3-5(4-13)1-2-5/h4H,1-3H2. The average molecular weight is 202 g/mol. The molecular weight excluding hydrogens is 195 g/mol. The van der Waals surface area contributed by atoms with Crippen LogP contribution in [0.1, 0.15) is 19.3 Å². The predicted octanol–water partition coefficient (Wildman–Crippen LogP) is 2.55. The van der Waals surface area contributed by atoms with Crippen LogP contribution >= 0.6 is 0 Å². The molecular formula is C7H7F5O. The minimum atomic E-state index is -5.55. The molecule has 0 bridgehead atoms.